The Morgan fingerprint density at radius 3 is 2.67 bits per heavy atom. The Bertz CT molecular complexity index is 1040. The number of hydrogen-bond donors (Lipinski definition) is 1. The molecule has 4 nitrogen and oxygen atoms in total. The maximum Gasteiger partial charge on any atom is 0.278 e. The van der Waals surface area contributed by atoms with Gasteiger partial charge < -0.3 is 0 Å². The maximum absolute atomic E-state index is 12.8. The molecule has 24 heavy (non-hydrogen) atoms. The Kier molecular flexibility index (Phi) is 3.58. The summed E-state index contributed by atoms with van der Waals surface area (Å²) in [5.41, 5.74) is 5.14. The maximum atomic E-state index is 12.8. The topological polar surface area (TPSA) is 50.1 Å². The molecule has 2 aromatic carbocycles. The minimum absolute atomic E-state index is 0.0693. The average molecular weight is 380 g/mol. The number of nitrogens with one attached hydrogen (secondary N) is 1. The van der Waals surface area contributed by atoms with E-state index in [9.17, 15) is 4.79 Å². The Hall–Kier alpha value is -2.66. The van der Waals surface area contributed by atoms with Crippen molar-refractivity contribution in [3.05, 3.63) is 80.2 Å². The number of nitrogens with zero attached hydrogens (tertiary/aromatic N) is 2. The summed E-state index contributed by atoms with van der Waals surface area (Å²) >= 11 is 3.41. The third-order valence-electron chi connectivity index (χ3n) is 4.06. The minimum Gasteiger partial charge on any atom is -0.295 e. The first-order valence-corrected chi connectivity index (χ1v) is 8.35. The molecule has 2 heterocycles. The normalized spacial score (nSPS) is 14.3. The molecule has 0 aliphatic carbocycles. The van der Waals surface area contributed by atoms with Gasteiger partial charge in [-0.05, 0) is 43.3 Å². The van der Waals surface area contributed by atoms with E-state index in [1.165, 1.54) is 0 Å². The van der Waals surface area contributed by atoms with Crippen molar-refractivity contribution in [2.75, 3.05) is 0 Å². The molecule has 0 bridgehead atoms. The zero-order chi connectivity index (χ0) is 16.7. The molecule has 1 N–H and O–H groups in total. The number of fused-ring (bicyclic) bond motifs is 1. The molecule has 1 aliphatic heterocycles. The van der Waals surface area contributed by atoms with Crippen LogP contribution in [-0.4, -0.2) is 16.0 Å². The summed E-state index contributed by atoms with van der Waals surface area (Å²) in [6.45, 7) is 1.90. The molecule has 3 aromatic rings. The van der Waals surface area contributed by atoms with Crippen LogP contribution in [0.3, 0.4) is 0 Å². The number of aromatic nitrogens is 2. The van der Waals surface area contributed by atoms with Crippen LogP contribution in [0.15, 0.2) is 62.8 Å². The van der Waals surface area contributed by atoms with Gasteiger partial charge >= 0.3 is 0 Å². The van der Waals surface area contributed by atoms with Crippen molar-refractivity contribution in [1.82, 2.24) is 9.78 Å². The number of halogens is 1. The van der Waals surface area contributed by atoms with Gasteiger partial charge in [-0.15, -0.1) is 0 Å². The molecule has 0 saturated heterocycles. The van der Waals surface area contributed by atoms with Crippen LogP contribution in [0.1, 0.15) is 16.8 Å². The van der Waals surface area contributed by atoms with E-state index in [-0.39, 0.29) is 5.56 Å². The van der Waals surface area contributed by atoms with E-state index in [1.54, 1.807) is 10.9 Å². The van der Waals surface area contributed by atoms with E-state index >= 15 is 0 Å². The van der Waals surface area contributed by atoms with Gasteiger partial charge in [-0.25, -0.2) is 4.68 Å². The molecular formula is C19H14BrN3O. The van der Waals surface area contributed by atoms with Crippen molar-refractivity contribution in [3.8, 4) is 5.69 Å². The van der Waals surface area contributed by atoms with Gasteiger partial charge in [0.15, 0.2) is 0 Å². The van der Waals surface area contributed by atoms with Crippen LogP contribution in [0, 0.1) is 6.92 Å². The minimum atomic E-state index is -0.0693. The predicted molar refractivity (Wildman–Crippen MR) is 101 cm³/mol. The molecule has 118 valence electrons. The fourth-order valence-corrected chi connectivity index (χ4v) is 3.08. The molecule has 0 fully saturated rings. The van der Waals surface area contributed by atoms with Crippen LogP contribution in [0.25, 0.3) is 17.3 Å². The Labute approximate surface area is 147 Å². The van der Waals surface area contributed by atoms with Crippen molar-refractivity contribution in [2.24, 2.45) is 4.99 Å². The summed E-state index contributed by atoms with van der Waals surface area (Å²) in [5.74, 6) is 0. The van der Waals surface area contributed by atoms with Crippen LogP contribution in [0.4, 0.5) is 5.69 Å². The molecule has 0 amide bonds. The lowest BCUT2D eigenvalue weighted by Crippen LogP contribution is -2.15. The van der Waals surface area contributed by atoms with Crippen molar-refractivity contribution >= 4 is 39.5 Å². The summed E-state index contributed by atoms with van der Waals surface area (Å²) in [7, 11) is 0. The van der Waals surface area contributed by atoms with E-state index in [4.69, 9.17) is 0 Å². The van der Waals surface area contributed by atoms with Gasteiger partial charge in [-0.3, -0.25) is 14.9 Å². The van der Waals surface area contributed by atoms with Crippen molar-refractivity contribution in [1.29, 1.82) is 0 Å². The lowest BCUT2D eigenvalue weighted by Gasteiger charge is -2.00. The van der Waals surface area contributed by atoms with Crippen LogP contribution >= 0.6 is 15.9 Å². The zero-order valence-corrected chi connectivity index (χ0v) is 14.5. The van der Waals surface area contributed by atoms with Crippen LogP contribution in [0.2, 0.25) is 0 Å². The summed E-state index contributed by atoms with van der Waals surface area (Å²) in [6.07, 6.45) is 3.71. The quantitative estimate of drug-likeness (QED) is 0.700. The fourth-order valence-electron chi connectivity index (χ4n) is 2.81. The summed E-state index contributed by atoms with van der Waals surface area (Å²) < 4.78 is 2.54. The molecule has 1 aromatic heterocycles. The number of para-hydroxylation sites is 1. The second-order valence-corrected chi connectivity index (χ2v) is 6.56. The monoisotopic (exact) mass is 379 g/mol. The highest BCUT2D eigenvalue weighted by molar-refractivity contribution is 9.10. The highest BCUT2D eigenvalue weighted by atomic mass is 79.9. The first kappa shape index (κ1) is 14.9. The van der Waals surface area contributed by atoms with E-state index in [1.807, 2.05) is 61.5 Å². The molecule has 1 aliphatic rings. The molecule has 4 rings (SSSR count). The van der Waals surface area contributed by atoms with Gasteiger partial charge in [-0.1, -0.05) is 34.1 Å². The number of H-pyrrole nitrogens is 1. The summed E-state index contributed by atoms with van der Waals surface area (Å²) in [6, 6.07) is 15.5. The van der Waals surface area contributed by atoms with E-state index in [0.29, 0.717) is 5.56 Å². The summed E-state index contributed by atoms with van der Waals surface area (Å²) in [4.78, 5) is 17.2. The number of aryl methyl sites for hydroxylation is 1. The van der Waals surface area contributed by atoms with E-state index in [2.05, 4.69) is 26.0 Å². The standard InChI is InChI=1S/C19H14BrN3O/c1-12-17(10-13-11-21-18-5-3-2-4-16(13)18)19(24)23(22-12)15-8-6-14(20)7-9-15/h2-11,22H,1H3. The second kappa shape index (κ2) is 5.76. The fraction of sp³-hybridized carbons (Fsp3) is 0.0526. The molecule has 0 saturated carbocycles. The van der Waals surface area contributed by atoms with Gasteiger partial charge in [0.1, 0.15) is 0 Å². The highest BCUT2D eigenvalue weighted by Crippen LogP contribution is 2.32. The summed E-state index contributed by atoms with van der Waals surface area (Å²) in [5, 5.41) is 3.15. The number of benzene rings is 2. The number of rotatable bonds is 2. The van der Waals surface area contributed by atoms with Crippen LogP contribution < -0.4 is 5.56 Å². The number of aromatic amines is 1. The largest absolute Gasteiger partial charge is 0.295 e. The smallest absolute Gasteiger partial charge is 0.278 e. The molecular weight excluding hydrogens is 366 g/mol. The van der Waals surface area contributed by atoms with Crippen LogP contribution in [0.5, 0.6) is 0 Å². The van der Waals surface area contributed by atoms with E-state index in [0.717, 1.165) is 32.7 Å². The third-order valence-corrected chi connectivity index (χ3v) is 4.59. The predicted octanol–water partition coefficient (Wildman–Crippen LogP) is 4.49. The van der Waals surface area contributed by atoms with Gasteiger partial charge in [0.05, 0.1) is 16.9 Å². The molecule has 0 spiro atoms. The lowest BCUT2D eigenvalue weighted by molar-refractivity contribution is 0.835. The van der Waals surface area contributed by atoms with E-state index < -0.39 is 0 Å². The zero-order valence-electron chi connectivity index (χ0n) is 13.0. The molecule has 0 radical (unpaired) electrons. The van der Waals surface area contributed by atoms with Gasteiger partial charge in [-0.2, -0.15) is 0 Å². The van der Waals surface area contributed by atoms with Crippen LogP contribution in [-0.2, 0) is 0 Å². The number of allylic oxidation sites excluding steroid dienone is 1. The lowest BCUT2D eigenvalue weighted by atomic mass is 10.0. The van der Waals surface area contributed by atoms with Crippen molar-refractivity contribution in [3.63, 3.8) is 0 Å². The van der Waals surface area contributed by atoms with Gasteiger partial charge in [0.2, 0.25) is 0 Å². The molecule has 5 heteroatoms. The third kappa shape index (κ3) is 2.47. The van der Waals surface area contributed by atoms with Gasteiger partial charge in [0.25, 0.3) is 5.56 Å². The Morgan fingerprint density at radius 1 is 1.12 bits per heavy atom. The van der Waals surface area contributed by atoms with Crippen molar-refractivity contribution in [2.45, 2.75) is 6.92 Å². The van der Waals surface area contributed by atoms with Crippen molar-refractivity contribution < 1.29 is 0 Å². The Morgan fingerprint density at radius 2 is 1.88 bits per heavy atom. The Balaban J connectivity index is 1.81. The first-order valence-electron chi connectivity index (χ1n) is 7.56. The molecule has 0 atom stereocenters. The first-order chi connectivity index (χ1) is 11.6. The SMILES string of the molecule is Cc1[nH]n(-c2ccc(Br)cc2)c(=O)c1C=C1C=Nc2ccccc21. The average Bonchev–Trinajstić information content (AvgIpc) is 3.12. The highest BCUT2D eigenvalue weighted by Gasteiger charge is 2.15. The second-order valence-electron chi connectivity index (χ2n) is 5.64. The van der Waals surface area contributed by atoms with Gasteiger partial charge in [0, 0.05) is 27.5 Å². The molecule has 0 unspecified atom stereocenters. The number of hydrogen-bond acceptors (Lipinski definition) is 2. The number of aliphatic imine (C=N–C) groups is 1.